The normalized spacial score (nSPS) is 15.8. The van der Waals surface area contributed by atoms with Crippen LogP contribution in [0.25, 0.3) is 0 Å². The molecule has 1 unspecified atom stereocenters. The van der Waals surface area contributed by atoms with Gasteiger partial charge in [0.2, 0.25) is 0 Å². The summed E-state index contributed by atoms with van der Waals surface area (Å²) in [5.74, 6) is 0. The number of nitrogens with zero attached hydrogens (tertiary/aromatic N) is 2. The molecule has 0 bridgehead atoms. The molecule has 0 saturated carbocycles. The second kappa shape index (κ2) is 4.55. The summed E-state index contributed by atoms with van der Waals surface area (Å²) in [4.78, 5) is 0. The minimum Gasteiger partial charge on any atom is -0.322 e. The van der Waals surface area contributed by atoms with Crippen molar-refractivity contribution >= 4 is 11.7 Å². The van der Waals surface area contributed by atoms with E-state index in [1.807, 2.05) is 0 Å². The number of hydrogen-bond donors (Lipinski definition) is 1. The van der Waals surface area contributed by atoms with Crippen molar-refractivity contribution in [1.29, 1.82) is 0 Å². The fourth-order valence-electron chi connectivity index (χ4n) is 2.45. The Hall–Kier alpha value is -1.26. The van der Waals surface area contributed by atoms with Gasteiger partial charge in [-0.15, -0.1) is 0 Å². The highest BCUT2D eigenvalue weighted by atomic mass is 32.1. The SMILES string of the molecule is NC(Cc1ccc2c(c1)CCC2)c1cnsn1. The number of aromatic nitrogens is 2. The lowest BCUT2D eigenvalue weighted by Gasteiger charge is -2.09. The topological polar surface area (TPSA) is 51.8 Å². The van der Waals surface area contributed by atoms with Crippen LogP contribution < -0.4 is 5.73 Å². The lowest BCUT2D eigenvalue weighted by Crippen LogP contribution is -2.13. The molecule has 2 N–H and O–H groups in total. The average Bonchev–Trinajstić information content (AvgIpc) is 2.99. The molecule has 17 heavy (non-hydrogen) atoms. The number of hydrogen-bond acceptors (Lipinski definition) is 4. The quantitative estimate of drug-likeness (QED) is 0.902. The van der Waals surface area contributed by atoms with Crippen LogP contribution in [-0.4, -0.2) is 8.75 Å². The summed E-state index contributed by atoms with van der Waals surface area (Å²) < 4.78 is 8.18. The first kappa shape index (κ1) is 10.9. The van der Waals surface area contributed by atoms with Gasteiger partial charge in [-0.1, -0.05) is 18.2 Å². The van der Waals surface area contributed by atoms with Gasteiger partial charge in [-0.25, -0.2) is 0 Å². The molecule has 4 heteroatoms. The van der Waals surface area contributed by atoms with E-state index >= 15 is 0 Å². The second-order valence-corrected chi connectivity index (χ2v) is 5.16. The molecule has 3 rings (SSSR count). The zero-order valence-corrected chi connectivity index (χ0v) is 10.4. The first-order valence-electron chi connectivity index (χ1n) is 5.96. The maximum atomic E-state index is 6.12. The van der Waals surface area contributed by atoms with Crippen molar-refractivity contribution in [2.75, 3.05) is 0 Å². The average molecular weight is 245 g/mol. The summed E-state index contributed by atoms with van der Waals surface area (Å²) in [7, 11) is 0. The molecule has 3 nitrogen and oxygen atoms in total. The molecule has 1 aromatic heterocycles. The predicted octanol–water partition coefficient (Wildman–Crippen LogP) is 2.27. The highest BCUT2D eigenvalue weighted by molar-refractivity contribution is 6.99. The number of nitrogens with two attached hydrogens (primary N) is 1. The third-order valence-electron chi connectivity index (χ3n) is 3.38. The van der Waals surface area contributed by atoms with Crippen molar-refractivity contribution in [2.24, 2.45) is 5.73 Å². The van der Waals surface area contributed by atoms with Crippen molar-refractivity contribution in [3.63, 3.8) is 0 Å². The minimum absolute atomic E-state index is 0.0341. The first-order valence-corrected chi connectivity index (χ1v) is 6.69. The number of rotatable bonds is 3. The van der Waals surface area contributed by atoms with Gasteiger partial charge in [-0.05, 0) is 42.4 Å². The van der Waals surface area contributed by atoms with Crippen LogP contribution in [0.3, 0.4) is 0 Å². The van der Waals surface area contributed by atoms with Crippen LogP contribution in [0, 0.1) is 0 Å². The summed E-state index contributed by atoms with van der Waals surface area (Å²) in [6.07, 6.45) is 6.36. The van der Waals surface area contributed by atoms with Crippen LogP contribution in [0.2, 0.25) is 0 Å². The first-order chi connectivity index (χ1) is 8.33. The van der Waals surface area contributed by atoms with Gasteiger partial charge in [0.15, 0.2) is 0 Å². The van der Waals surface area contributed by atoms with Gasteiger partial charge in [-0.2, -0.15) is 8.75 Å². The standard InChI is InChI=1S/C13H15N3S/c14-12(13-8-15-17-16-13)7-9-4-5-10-2-1-3-11(10)6-9/h4-6,8,12H,1-3,7,14H2. The largest absolute Gasteiger partial charge is 0.322 e. The Balaban J connectivity index is 1.77. The van der Waals surface area contributed by atoms with E-state index < -0.39 is 0 Å². The fraction of sp³-hybridized carbons (Fsp3) is 0.385. The lowest BCUT2D eigenvalue weighted by atomic mass is 10.0. The molecule has 0 amide bonds. The van der Waals surface area contributed by atoms with Crippen LogP contribution in [0.4, 0.5) is 0 Å². The molecular formula is C13H15N3S. The van der Waals surface area contributed by atoms with E-state index in [0.717, 1.165) is 12.1 Å². The Labute approximate surface area is 105 Å². The summed E-state index contributed by atoms with van der Waals surface area (Å²) in [5, 5.41) is 0. The maximum absolute atomic E-state index is 6.12. The van der Waals surface area contributed by atoms with E-state index in [2.05, 4.69) is 26.9 Å². The van der Waals surface area contributed by atoms with Gasteiger partial charge in [-0.3, -0.25) is 0 Å². The molecule has 1 atom stereocenters. The second-order valence-electron chi connectivity index (χ2n) is 4.60. The molecule has 2 aromatic rings. The Kier molecular flexibility index (Phi) is 2.91. The van der Waals surface area contributed by atoms with Gasteiger partial charge in [0, 0.05) is 0 Å². The van der Waals surface area contributed by atoms with E-state index in [0.29, 0.717) is 0 Å². The van der Waals surface area contributed by atoms with Crippen molar-refractivity contribution in [3.8, 4) is 0 Å². The van der Waals surface area contributed by atoms with E-state index in [9.17, 15) is 0 Å². The Morgan fingerprint density at radius 1 is 1.29 bits per heavy atom. The van der Waals surface area contributed by atoms with Crippen LogP contribution >= 0.6 is 11.7 Å². The Morgan fingerprint density at radius 2 is 2.18 bits per heavy atom. The minimum atomic E-state index is -0.0341. The molecule has 1 aliphatic carbocycles. The van der Waals surface area contributed by atoms with Gasteiger partial charge in [0.25, 0.3) is 0 Å². The third-order valence-corrected chi connectivity index (χ3v) is 3.87. The van der Waals surface area contributed by atoms with E-state index in [4.69, 9.17) is 5.73 Å². The third kappa shape index (κ3) is 2.23. The van der Waals surface area contributed by atoms with Crippen molar-refractivity contribution in [3.05, 3.63) is 46.8 Å². The van der Waals surface area contributed by atoms with E-state index in [-0.39, 0.29) is 6.04 Å². The predicted molar refractivity (Wildman–Crippen MR) is 69.0 cm³/mol. The Bertz CT molecular complexity index is 507. The zero-order valence-electron chi connectivity index (χ0n) is 9.60. The van der Waals surface area contributed by atoms with Gasteiger partial charge < -0.3 is 5.73 Å². The molecule has 0 spiro atoms. The van der Waals surface area contributed by atoms with Gasteiger partial charge in [0.05, 0.1) is 29.7 Å². The monoisotopic (exact) mass is 245 g/mol. The summed E-state index contributed by atoms with van der Waals surface area (Å²) >= 11 is 1.22. The summed E-state index contributed by atoms with van der Waals surface area (Å²) in [6.45, 7) is 0. The van der Waals surface area contributed by atoms with E-state index in [1.54, 1.807) is 6.20 Å². The van der Waals surface area contributed by atoms with Crippen LogP contribution in [-0.2, 0) is 19.3 Å². The zero-order chi connectivity index (χ0) is 11.7. The van der Waals surface area contributed by atoms with Crippen molar-refractivity contribution < 1.29 is 0 Å². The van der Waals surface area contributed by atoms with Crippen LogP contribution in [0.1, 0.15) is 34.8 Å². The number of fused-ring (bicyclic) bond motifs is 1. The molecule has 1 aliphatic rings. The van der Waals surface area contributed by atoms with Gasteiger partial charge >= 0.3 is 0 Å². The molecule has 1 heterocycles. The molecule has 1 aromatic carbocycles. The number of aryl methyl sites for hydroxylation is 2. The highest BCUT2D eigenvalue weighted by Crippen LogP contribution is 2.24. The maximum Gasteiger partial charge on any atom is 0.0913 e. The molecule has 0 aliphatic heterocycles. The van der Waals surface area contributed by atoms with E-state index in [1.165, 1.54) is 47.7 Å². The molecule has 0 fully saturated rings. The van der Waals surface area contributed by atoms with Gasteiger partial charge in [0.1, 0.15) is 0 Å². The molecular weight excluding hydrogens is 230 g/mol. The highest BCUT2D eigenvalue weighted by Gasteiger charge is 2.14. The van der Waals surface area contributed by atoms with Crippen LogP contribution in [0.5, 0.6) is 0 Å². The molecule has 0 radical (unpaired) electrons. The smallest absolute Gasteiger partial charge is 0.0913 e. The Morgan fingerprint density at radius 3 is 3.00 bits per heavy atom. The molecule has 88 valence electrons. The summed E-state index contributed by atoms with van der Waals surface area (Å²) in [6, 6.07) is 6.73. The van der Waals surface area contributed by atoms with Crippen LogP contribution in [0.15, 0.2) is 24.4 Å². The fourth-order valence-corrected chi connectivity index (χ4v) is 2.93. The summed E-state index contributed by atoms with van der Waals surface area (Å²) in [5.41, 5.74) is 11.3. The number of benzene rings is 1. The van der Waals surface area contributed by atoms with Crippen molar-refractivity contribution in [1.82, 2.24) is 8.75 Å². The lowest BCUT2D eigenvalue weighted by molar-refractivity contribution is 0.704. The van der Waals surface area contributed by atoms with Crippen molar-refractivity contribution in [2.45, 2.75) is 31.7 Å². The molecule has 0 saturated heterocycles.